The van der Waals surface area contributed by atoms with Gasteiger partial charge in [-0.1, -0.05) is 11.6 Å². The van der Waals surface area contributed by atoms with Crippen LogP contribution in [0.3, 0.4) is 0 Å². The number of benzene rings is 1. The highest BCUT2D eigenvalue weighted by Gasteiger charge is 2.01. The highest BCUT2D eigenvalue weighted by molar-refractivity contribution is 6.29. The van der Waals surface area contributed by atoms with Crippen LogP contribution in [0, 0.1) is 11.3 Å². The molecule has 0 aliphatic carbocycles. The summed E-state index contributed by atoms with van der Waals surface area (Å²) in [6.07, 6.45) is 1.63. The minimum Gasteiger partial charge on any atom is -0.222 e. The molecule has 1 aromatic heterocycles. The average Bonchev–Trinajstić information content (AvgIpc) is 2.65. The van der Waals surface area contributed by atoms with Crippen molar-refractivity contribution in [1.82, 2.24) is 9.78 Å². The van der Waals surface area contributed by atoms with E-state index < -0.39 is 0 Å². The third kappa shape index (κ3) is 1.48. The molecule has 0 aliphatic heterocycles. The highest BCUT2D eigenvalue weighted by Crippen LogP contribution is 2.14. The first-order valence-corrected chi connectivity index (χ1v) is 4.39. The van der Waals surface area contributed by atoms with Crippen LogP contribution in [0.15, 0.2) is 36.5 Å². The Labute approximate surface area is 86.2 Å². The molecule has 0 aliphatic rings. The van der Waals surface area contributed by atoms with Crippen molar-refractivity contribution in [3.05, 3.63) is 47.2 Å². The van der Waals surface area contributed by atoms with Gasteiger partial charge in [-0.3, -0.25) is 0 Å². The van der Waals surface area contributed by atoms with Gasteiger partial charge in [0.25, 0.3) is 0 Å². The summed E-state index contributed by atoms with van der Waals surface area (Å²) in [7, 11) is 0. The number of aromatic nitrogens is 2. The standard InChI is InChI=1S/C10H6ClN3/c11-10-5-6-13-14(10)9-3-1-8(7-12)2-4-9/h1-6H. The highest BCUT2D eigenvalue weighted by atomic mass is 35.5. The number of nitrogens with zero attached hydrogens (tertiary/aromatic N) is 3. The quantitative estimate of drug-likeness (QED) is 0.714. The summed E-state index contributed by atoms with van der Waals surface area (Å²) < 4.78 is 1.60. The third-order valence-corrected chi connectivity index (χ3v) is 2.12. The van der Waals surface area contributed by atoms with Crippen molar-refractivity contribution in [2.75, 3.05) is 0 Å². The van der Waals surface area contributed by atoms with Crippen molar-refractivity contribution in [2.24, 2.45) is 0 Å². The van der Waals surface area contributed by atoms with Gasteiger partial charge in [0.1, 0.15) is 5.15 Å². The van der Waals surface area contributed by atoms with Crippen molar-refractivity contribution >= 4 is 11.6 Å². The lowest BCUT2D eigenvalue weighted by Crippen LogP contribution is -1.95. The van der Waals surface area contributed by atoms with Gasteiger partial charge >= 0.3 is 0 Å². The van der Waals surface area contributed by atoms with Gasteiger partial charge in [-0.05, 0) is 30.3 Å². The summed E-state index contributed by atoms with van der Waals surface area (Å²) in [5.74, 6) is 0. The molecule has 0 bridgehead atoms. The molecular formula is C10H6ClN3. The Morgan fingerprint density at radius 3 is 2.43 bits per heavy atom. The number of nitriles is 1. The summed E-state index contributed by atoms with van der Waals surface area (Å²) in [6, 6.07) is 10.8. The summed E-state index contributed by atoms with van der Waals surface area (Å²) in [6.45, 7) is 0. The Balaban J connectivity index is 2.45. The van der Waals surface area contributed by atoms with Crippen LogP contribution in [0.25, 0.3) is 5.69 Å². The fourth-order valence-electron chi connectivity index (χ4n) is 1.15. The fraction of sp³-hybridized carbons (Fsp3) is 0. The van der Waals surface area contributed by atoms with Gasteiger partial charge in [-0.25, -0.2) is 4.68 Å². The van der Waals surface area contributed by atoms with E-state index in [0.29, 0.717) is 10.7 Å². The molecule has 4 heteroatoms. The smallest absolute Gasteiger partial charge is 0.132 e. The number of hydrogen-bond donors (Lipinski definition) is 0. The van der Waals surface area contributed by atoms with E-state index in [1.807, 2.05) is 0 Å². The molecule has 0 saturated heterocycles. The maximum absolute atomic E-state index is 8.62. The molecule has 0 atom stereocenters. The molecule has 0 N–H and O–H groups in total. The largest absolute Gasteiger partial charge is 0.222 e. The van der Waals surface area contributed by atoms with Crippen LogP contribution in [0.4, 0.5) is 0 Å². The summed E-state index contributed by atoms with van der Waals surface area (Å²) in [5, 5.41) is 13.2. The first kappa shape index (κ1) is 8.79. The summed E-state index contributed by atoms with van der Waals surface area (Å²) in [4.78, 5) is 0. The molecule has 0 radical (unpaired) electrons. The van der Waals surface area contributed by atoms with Crippen LogP contribution < -0.4 is 0 Å². The molecule has 14 heavy (non-hydrogen) atoms. The Morgan fingerprint density at radius 1 is 1.21 bits per heavy atom. The topological polar surface area (TPSA) is 41.6 Å². The molecule has 68 valence electrons. The zero-order valence-electron chi connectivity index (χ0n) is 7.18. The maximum atomic E-state index is 8.62. The molecule has 0 unspecified atom stereocenters. The molecule has 1 heterocycles. The second kappa shape index (κ2) is 3.52. The van der Waals surface area contributed by atoms with E-state index >= 15 is 0 Å². The molecule has 0 fully saturated rings. The lowest BCUT2D eigenvalue weighted by molar-refractivity contribution is 0.881. The normalized spacial score (nSPS) is 9.71. The fourth-order valence-corrected chi connectivity index (χ4v) is 1.35. The lowest BCUT2D eigenvalue weighted by atomic mass is 10.2. The van der Waals surface area contributed by atoms with Gasteiger partial charge in [0.05, 0.1) is 23.5 Å². The van der Waals surface area contributed by atoms with Gasteiger partial charge in [0.2, 0.25) is 0 Å². The average molecular weight is 204 g/mol. The lowest BCUT2D eigenvalue weighted by Gasteiger charge is -2.01. The SMILES string of the molecule is N#Cc1ccc(-n2nccc2Cl)cc1. The molecule has 1 aromatic carbocycles. The third-order valence-electron chi connectivity index (χ3n) is 1.84. The zero-order chi connectivity index (χ0) is 9.97. The van der Waals surface area contributed by atoms with Crippen molar-refractivity contribution in [3.63, 3.8) is 0 Å². The van der Waals surface area contributed by atoms with E-state index in [-0.39, 0.29) is 0 Å². The van der Waals surface area contributed by atoms with Crippen molar-refractivity contribution in [1.29, 1.82) is 5.26 Å². The van der Waals surface area contributed by atoms with Gasteiger partial charge in [0.15, 0.2) is 0 Å². The predicted octanol–water partition coefficient (Wildman–Crippen LogP) is 2.40. The van der Waals surface area contributed by atoms with E-state index in [4.69, 9.17) is 16.9 Å². The summed E-state index contributed by atoms with van der Waals surface area (Å²) in [5.41, 5.74) is 1.47. The van der Waals surface area contributed by atoms with Crippen LogP contribution in [0.5, 0.6) is 0 Å². The number of rotatable bonds is 1. The van der Waals surface area contributed by atoms with Gasteiger partial charge < -0.3 is 0 Å². The first-order valence-electron chi connectivity index (χ1n) is 4.01. The zero-order valence-corrected chi connectivity index (χ0v) is 7.94. The van der Waals surface area contributed by atoms with E-state index in [2.05, 4.69) is 11.2 Å². The van der Waals surface area contributed by atoms with Crippen LogP contribution >= 0.6 is 11.6 Å². The van der Waals surface area contributed by atoms with E-state index in [9.17, 15) is 0 Å². The van der Waals surface area contributed by atoms with Crippen LogP contribution in [0.2, 0.25) is 5.15 Å². The Kier molecular flexibility index (Phi) is 2.21. The van der Waals surface area contributed by atoms with E-state index in [1.165, 1.54) is 0 Å². The van der Waals surface area contributed by atoms with E-state index in [1.54, 1.807) is 41.2 Å². The molecular weight excluding hydrogens is 198 g/mol. The van der Waals surface area contributed by atoms with Crippen molar-refractivity contribution < 1.29 is 0 Å². The molecule has 3 nitrogen and oxygen atoms in total. The first-order chi connectivity index (χ1) is 6.81. The van der Waals surface area contributed by atoms with E-state index in [0.717, 1.165) is 5.69 Å². The molecule has 2 rings (SSSR count). The van der Waals surface area contributed by atoms with Crippen LogP contribution in [-0.2, 0) is 0 Å². The Bertz CT molecular complexity index is 479. The van der Waals surface area contributed by atoms with Gasteiger partial charge in [0, 0.05) is 0 Å². The second-order valence-electron chi connectivity index (χ2n) is 2.72. The maximum Gasteiger partial charge on any atom is 0.132 e. The van der Waals surface area contributed by atoms with Crippen LogP contribution in [-0.4, -0.2) is 9.78 Å². The summed E-state index contributed by atoms with van der Waals surface area (Å²) >= 11 is 5.88. The van der Waals surface area contributed by atoms with Gasteiger partial charge in [-0.2, -0.15) is 10.4 Å². The molecule has 0 saturated carbocycles. The van der Waals surface area contributed by atoms with Gasteiger partial charge in [-0.15, -0.1) is 0 Å². The Hall–Kier alpha value is -1.79. The number of hydrogen-bond acceptors (Lipinski definition) is 2. The minimum atomic E-state index is 0.551. The molecule has 2 aromatic rings. The van der Waals surface area contributed by atoms with Crippen LogP contribution in [0.1, 0.15) is 5.56 Å². The van der Waals surface area contributed by atoms with Crippen molar-refractivity contribution in [3.8, 4) is 11.8 Å². The monoisotopic (exact) mass is 203 g/mol. The Morgan fingerprint density at radius 2 is 1.93 bits per heavy atom. The molecule has 0 spiro atoms. The second-order valence-corrected chi connectivity index (χ2v) is 3.11. The molecule has 0 amide bonds. The minimum absolute atomic E-state index is 0.551. The van der Waals surface area contributed by atoms with Crippen molar-refractivity contribution in [2.45, 2.75) is 0 Å². The predicted molar refractivity (Wildman–Crippen MR) is 53.3 cm³/mol. The number of halogens is 1.